The van der Waals surface area contributed by atoms with E-state index < -0.39 is 0 Å². The van der Waals surface area contributed by atoms with Crippen molar-refractivity contribution in [3.05, 3.63) is 57.0 Å². The molecule has 5 heteroatoms. The zero-order valence-electron chi connectivity index (χ0n) is 14.8. The molecule has 0 fully saturated rings. The van der Waals surface area contributed by atoms with Gasteiger partial charge in [-0.1, -0.05) is 59.1 Å². The molecule has 0 aliphatic heterocycles. The third-order valence-electron chi connectivity index (χ3n) is 3.78. The van der Waals surface area contributed by atoms with Crippen molar-refractivity contribution in [2.24, 2.45) is 0 Å². The summed E-state index contributed by atoms with van der Waals surface area (Å²) in [6.07, 6.45) is 2.36. The van der Waals surface area contributed by atoms with E-state index in [0.29, 0.717) is 24.0 Å². The van der Waals surface area contributed by atoms with Crippen LogP contribution in [0.2, 0.25) is 5.02 Å². The van der Waals surface area contributed by atoms with Gasteiger partial charge in [-0.2, -0.15) is 0 Å². The summed E-state index contributed by atoms with van der Waals surface area (Å²) >= 11 is 9.84. The molecule has 0 atom stereocenters. The fourth-order valence-electron chi connectivity index (χ4n) is 2.39. The van der Waals surface area contributed by atoms with Gasteiger partial charge < -0.3 is 14.8 Å². The molecule has 2 aromatic rings. The average Bonchev–Trinajstić information content (AvgIpc) is 2.61. The van der Waals surface area contributed by atoms with Gasteiger partial charge in [0.25, 0.3) is 0 Å². The summed E-state index contributed by atoms with van der Waals surface area (Å²) in [6, 6.07) is 11.7. The number of unbranched alkanes of at least 4 members (excludes halogenated alkanes) is 1. The lowest BCUT2D eigenvalue weighted by Gasteiger charge is -2.16. The molecule has 0 bridgehead atoms. The van der Waals surface area contributed by atoms with Gasteiger partial charge in [0.1, 0.15) is 6.61 Å². The number of benzene rings is 2. The molecule has 0 spiro atoms. The summed E-state index contributed by atoms with van der Waals surface area (Å²) in [4.78, 5) is 0. The summed E-state index contributed by atoms with van der Waals surface area (Å²) in [5.74, 6) is 1.47. The Hall–Kier alpha value is -1.23. The SMILES string of the molecule is CCCCNCc1cc(OCC)c(OCc2ccccc2Cl)cc1Br. The lowest BCUT2D eigenvalue weighted by atomic mass is 10.2. The molecule has 0 aliphatic carbocycles. The standard InChI is InChI=1S/C20H25BrClNO2/c1-3-5-10-23-13-16-11-19(24-4-2)20(12-17(16)21)25-14-15-8-6-7-9-18(15)22/h6-9,11-12,23H,3-5,10,13-14H2,1-2H3. The van der Waals surface area contributed by atoms with E-state index in [1.165, 1.54) is 12.8 Å². The average molecular weight is 427 g/mol. The van der Waals surface area contributed by atoms with Gasteiger partial charge in [-0.3, -0.25) is 0 Å². The number of hydrogen-bond acceptors (Lipinski definition) is 3. The maximum Gasteiger partial charge on any atom is 0.162 e. The Bertz CT molecular complexity index is 679. The van der Waals surface area contributed by atoms with Crippen LogP contribution in [0, 0.1) is 0 Å². The van der Waals surface area contributed by atoms with E-state index in [4.69, 9.17) is 21.1 Å². The topological polar surface area (TPSA) is 30.5 Å². The van der Waals surface area contributed by atoms with Gasteiger partial charge in [-0.05, 0) is 43.7 Å². The Balaban J connectivity index is 2.11. The van der Waals surface area contributed by atoms with Crippen molar-refractivity contribution < 1.29 is 9.47 Å². The van der Waals surface area contributed by atoms with E-state index >= 15 is 0 Å². The molecule has 0 heterocycles. The largest absolute Gasteiger partial charge is 0.490 e. The van der Waals surface area contributed by atoms with Crippen LogP contribution in [0.3, 0.4) is 0 Å². The fraction of sp³-hybridized carbons (Fsp3) is 0.400. The van der Waals surface area contributed by atoms with Crippen LogP contribution in [0.25, 0.3) is 0 Å². The van der Waals surface area contributed by atoms with Gasteiger partial charge in [0, 0.05) is 21.6 Å². The molecule has 2 rings (SSSR count). The van der Waals surface area contributed by atoms with Crippen molar-refractivity contribution in [2.45, 2.75) is 39.8 Å². The lowest BCUT2D eigenvalue weighted by Crippen LogP contribution is -2.15. The van der Waals surface area contributed by atoms with E-state index in [-0.39, 0.29) is 0 Å². The smallest absolute Gasteiger partial charge is 0.162 e. The molecule has 25 heavy (non-hydrogen) atoms. The van der Waals surface area contributed by atoms with Crippen LogP contribution in [-0.4, -0.2) is 13.2 Å². The van der Waals surface area contributed by atoms with Gasteiger partial charge in [0.05, 0.1) is 6.61 Å². The van der Waals surface area contributed by atoms with Crippen LogP contribution < -0.4 is 14.8 Å². The van der Waals surface area contributed by atoms with E-state index in [0.717, 1.165) is 34.4 Å². The molecule has 0 saturated heterocycles. The van der Waals surface area contributed by atoms with Gasteiger partial charge in [-0.25, -0.2) is 0 Å². The first-order valence-corrected chi connectivity index (χ1v) is 9.85. The Morgan fingerprint density at radius 1 is 1.04 bits per heavy atom. The van der Waals surface area contributed by atoms with Crippen molar-refractivity contribution in [2.75, 3.05) is 13.2 Å². The Morgan fingerprint density at radius 3 is 2.52 bits per heavy atom. The third-order valence-corrected chi connectivity index (χ3v) is 4.88. The second-order valence-corrected chi connectivity index (χ2v) is 7.00. The van der Waals surface area contributed by atoms with Crippen molar-refractivity contribution in [3.8, 4) is 11.5 Å². The minimum atomic E-state index is 0.403. The second-order valence-electron chi connectivity index (χ2n) is 5.73. The molecule has 136 valence electrons. The third kappa shape index (κ3) is 6.21. The van der Waals surface area contributed by atoms with Gasteiger partial charge in [-0.15, -0.1) is 0 Å². The van der Waals surface area contributed by atoms with Gasteiger partial charge >= 0.3 is 0 Å². The number of ether oxygens (including phenoxy) is 2. The molecular weight excluding hydrogens is 402 g/mol. The van der Waals surface area contributed by atoms with E-state index in [1.807, 2.05) is 43.3 Å². The van der Waals surface area contributed by atoms with E-state index in [1.54, 1.807) is 0 Å². The zero-order valence-corrected chi connectivity index (χ0v) is 17.1. The summed E-state index contributed by atoms with van der Waals surface area (Å²) < 4.78 is 12.8. The molecule has 0 saturated carbocycles. The number of rotatable bonds is 10. The summed E-state index contributed by atoms with van der Waals surface area (Å²) in [5, 5.41) is 4.16. The lowest BCUT2D eigenvalue weighted by molar-refractivity contribution is 0.269. The van der Waals surface area contributed by atoms with Crippen molar-refractivity contribution in [1.82, 2.24) is 5.32 Å². The highest BCUT2D eigenvalue weighted by atomic mass is 79.9. The van der Waals surface area contributed by atoms with Crippen LogP contribution in [0.5, 0.6) is 11.5 Å². The Morgan fingerprint density at radius 2 is 1.80 bits per heavy atom. The van der Waals surface area contributed by atoms with Crippen molar-refractivity contribution in [1.29, 1.82) is 0 Å². The van der Waals surface area contributed by atoms with Gasteiger partial charge in [0.15, 0.2) is 11.5 Å². The van der Waals surface area contributed by atoms with Crippen LogP contribution in [0.4, 0.5) is 0 Å². The Labute approximate surface area is 163 Å². The molecule has 2 aromatic carbocycles. The molecule has 0 radical (unpaired) electrons. The first kappa shape index (κ1) is 20.1. The first-order chi connectivity index (χ1) is 12.2. The quantitative estimate of drug-likeness (QED) is 0.475. The monoisotopic (exact) mass is 425 g/mol. The van der Waals surface area contributed by atoms with Crippen LogP contribution in [0.15, 0.2) is 40.9 Å². The normalized spacial score (nSPS) is 10.7. The highest BCUT2D eigenvalue weighted by molar-refractivity contribution is 9.10. The van der Waals surface area contributed by atoms with Crippen LogP contribution in [-0.2, 0) is 13.2 Å². The molecule has 0 aromatic heterocycles. The summed E-state index contributed by atoms with van der Waals surface area (Å²) in [6.45, 7) is 6.96. The highest BCUT2D eigenvalue weighted by Crippen LogP contribution is 2.34. The molecular formula is C20H25BrClNO2. The molecule has 0 aliphatic rings. The summed E-state index contributed by atoms with van der Waals surface area (Å²) in [5.41, 5.74) is 2.11. The predicted octanol–water partition coefficient (Wildman–Crippen LogP) is 5.97. The number of nitrogens with one attached hydrogen (secondary N) is 1. The minimum Gasteiger partial charge on any atom is -0.490 e. The molecule has 0 amide bonds. The highest BCUT2D eigenvalue weighted by Gasteiger charge is 2.12. The second kappa shape index (κ2) is 10.7. The van der Waals surface area contributed by atoms with Crippen LogP contribution >= 0.6 is 27.5 Å². The molecule has 0 unspecified atom stereocenters. The van der Waals surface area contributed by atoms with E-state index in [2.05, 4.69) is 28.2 Å². The van der Waals surface area contributed by atoms with Gasteiger partial charge in [0.2, 0.25) is 0 Å². The molecule has 3 nitrogen and oxygen atoms in total. The maximum absolute atomic E-state index is 6.20. The fourth-order valence-corrected chi connectivity index (χ4v) is 3.04. The van der Waals surface area contributed by atoms with Crippen molar-refractivity contribution in [3.63, 3.8) is 0 Å². The van der Waals surface area contributed by atoms with Crippen molar-refractivity contribution >= 4 is 27.5 Å². The predicted molar refractivity (Wildman–Crippen MR) is 108 cm³/mol. The zero-order chi connectivity index (χ0) is 18.1. The summed E-state index contributed by atoms with van der Waals surface area (Å²) in [7, 11) is 0. The molecule has 1 N–H and O–H groups in total. The number of hydrogen-bond donors (Lipinski definition) is 1. The van der Waals surface area contributed by atoms with Crippen LogP contribution in [0.1, 0.15) is 37.8 Å². The number of halogens is 2. The maximum atomic E-state index is 6.20. The van der Waals surface area contributed by atoms with E-state index in [9.17, 15) is 0 Å². The Kier molecular flexibility index (Phi) is 8.59. The minimum absolute atomic E-state index is 0.403. The first-order valence-electron chi connectivity index (χ1n) is 8.67.